The molecular weight excluding hydrogens is 162 g/mol. The molecule has 0 aromatic carbocycles. The zero-order chi connectivity index (χ0) is 9.05. The molecule has 3 aliphatic carbocycles. The van der Waals surface area contributed by atoms with Crippen molar-refractivity contribution in [3.05, 3.63) is 0 Å². The Morgan fingerprint density at radius 1 is 1.15 bits per heavy atom. The summed E-state index contributed by atoms with van der Waals surface area (Å²) in [4.78, 5) is 0. The minimum atomic E-state index is -0.348. The molecule has 0 saturated heterocycles. The Morgan fingerprint density at radius 3 is 2.38 bits per heavy atom. The summed E-state index contributed by atoms with van der Waals surface area (Å²) < 4.78 is 0. The first-order valence-electron chi connectivity index (χ1n) is 5.65. The van der Waals surface area contributed by atoms with E-state index in [-0.39, 0.29) is 11.6 Å². The van der Waals surface area contributed by atoms with Crippen LogP contribution in [0.3, 0.4) is 0 Å². The molecule has 2 nitrogen and oxygen atoms in total. The van der Waals surface area contributed by atoms with Gasteiger partial charge in [0.15, 0.2) is 0 Å². The lowest BCUT2D eigenvalue weighted by molar-refractivity contribution is -0.110. The van der Waals surface area contributed by atoms with Crippen molar-refractivity contribution in [3.8, 4) is 0 Å². The van der Waals surface area contributed by atoms with Gasteiger partial charge in [-0.05, 0) is 49.9 Å². The fourth-order valence-corrected chi connectivity index (χ4v) is 4.05. The van der Waals surface area contributed by atoms with Crippen LogP contribution in [0.4, 0.5) is 0 Å². The van der Waals surface area contributed by atoms with Gasteiger partial charge < -0.3 is 10.8 Å². The first-order valence-corrected chi connectivity index (χ1v) is 5.65. The van der Waals surface area contributed by atoms with Gasteiger partial charge in [-0.3, -0.25) is 0 Å². The van der Waals surface area contributed by atoms with Crippen molar-refractivity contribution in [2.24, 2.45) is 23.5 Å². The highest BCUT2D eigenvalue weighted by Gasteiger charge is 2.54. The van der Waals surface area contributed by atoms with Crippen LogP contribution in [-0.2, 0) is 0 Å². The van der Waals surface area contributed by atoms with E-state index in [2.05, 4.69) is 0 Å². The molecule has 74 valence electrons. The lowest BCUT2D eigenvalue weighted by Crippen LogP contribution is -2.57. The summed E-state index contributed by atoms with van der Waals surface area (Å²) in [5.74, 6) is 2.38. The Morgan fingerprint density at radius 2 is 1.92 bits per heavy atom. The summed E-state index contributed by atoms with van der Waals surface area (Å²) in [6.07, 6.45) is 7.19. The molecule has 0 aromatic heterocycles. The number of nitrogens with two attached hydrogens (primary N) is 1. The van der Waals surface area contributed by atoms with Crippen LogP contribution in [0.25, 0.3) is 0 Å². The van der Waals surface area contributed by atoms with Crippen LogP contribution in [0.2, 0.25) is 0 Å². The Labute approximate surface area is 79.5 Å². The van der Waals surface area contributed by atoms with Crippen molar-refractivity contribution >= 4 is 0 Å². The lowest BCUT2D eigenvalue weighted by Gasteiger charge is -2.48. The average molecular weight is 181 g/mol. The maximum atomic E-state index is 10.3. The lowest BCUT2D eigenvalue weighted by atomic mass is 9.63. The molecule has 0 radical (unpaired) electrons. The topological polar surface area (TPSA) is 46.2 Å². The van der Waals surface area contributed by atoms with E-state index in [4.69, 9.17) is 5.73 Å². The summed E-state index contributed by atoms with van der Waals surface area (Å²) in [6.45, 7) is 0. The Kier molecular flexibility index (Phi) is 1.58. The van der Waals surface area contributed by atoms with Crippen molar-refractivity contribution in [2.45, 2.75) is 50.2 Å². The van der Waals surface area contributed by atoms with E-state index >= 15 is 0 Å². The molecule has 13 heavy (non-hydrogen) atoms. The summed E-state index contributed by atoms with van der Waals surface area (Å²) in [7, 11) is 0. The predicted molar refractivity (Wildman–Crippen MR) is 51.1 cm³/mol. The standard InChI is InChI=1S/C11H19NO/c12-9-5-11(13,6-9)10-4-7-1-2-8(10)3-7/h7-10,13H,1-6,12H2. The molecule has 0 aliphatic heterocycles. The summed E-state index contributed by atoms with van der Waals surface area (Å²) >= 11 is 0. The van der Waals surface area contributed by atoms with E-state index < -0.39 is 0 Å². The number of fused-ring (bicyclic) bond motifs is 2. The molecule has 3 aliphatic rings. The highest BCUT2D eigenvalue weighted by molar-refractivity contribution is 5.07. The van der Waals surface area contributed by atoms with E-state index in [1.165, 1.54) is 25.7 Å². The SMILES string of the molecule is NC1CC(O)(C2CC3CCC2C3)C1. The molecule has 2 heteroatoms. The average Bonchev–Trinajstić information content (AvgIpc) is 2.60. The van der Waals surface area contributed by atoms with Crippen molar-refractivity contribution < 1.29 is 5.11 Å². The van der Waals surface area contributed by atoms with Crippen LogP contribution in [-0.4, -0.2) is 16.7 Å². The van der Waals surface area contributed by atoms with Crippen molar-refractivity contribution in [2.75, 3.05) is 0 Å². The second-order valence-electron chi connectivity index (χ2n) is 5.55. The summed E-state index contributed by atoms with van der Waals surface area (Å²) in [5, 5.41) is 10.3. The third-order valence-corrected chi connectivity index (χ3v) is 4.66. The molecular formula is C11H19NO. The minimum absolute atomic E-state index is 0.282. The second kappa shape index (κ2) is 2.48. The molecule has 0 amide bonds. The van der Waals surface area contributed by atoms with Gasteiger partial charge in [0, 0.05) is 6.04 Å². The molecule has 3 rings (SSSR count). The van der Waals surface area contributed by atoms with Gasteiger partial charge in [0.25, 0.3) is 0 Å². The van der Waals surface area contributed by atoms with E-state index in [0.717, 1.165) is 24.7 Å². The molecule has 2 bridgehead atoms. The smallest absolute Gasteiger partial charge is 0.0708 e. The van der Waals surface area contributed by atoms with E-state index in [9.17, 15) is 5.11 Å². The molecule has 3 fully saturated rings. The van der Waals surface area contributed by atoms with Crippen LogP contribution in [0.5, 0.6) is 0 Å². The number of hydrogen-bond donors (Lipinski definition) is 2. The molecule has 0 spiro atoms. The van der Waals surface area contributed by atoms with Crippen molar-refractivity contribution in [3.63, 3.8) is 0 Å². The first kappa shape index (κ1) is 8.25. The van der Waals surface area contributed by atoms with Crippen LogP contribution in [0.15, 0.2) is 0 Å². The van der Waals surface area contributed by atoms with Gasteiger partial charge in [-0.25, -0.2) is 0 Å². The highest BCUT2D eigenvalue weighted by atomic mass is 16.3. The van der Waals surface area contributed by atoms with Crippen LogP contribution in [0.1, 0.15) is 38.5 Å². The molecule has 3 atom stereocenters. The van der Waals surface area contributed by atoms with Gasteiger partial charge in [-0.15, -0.1) is 0 Å². The van der Waals surface area contributed by atoms with Gasteiger partial charge in [0.05, 0.1) is 5.60 Å². The van der Waals surface area contributed by atoms with Crippen LogP contribution >= 0.6 is 0 Å². The van der Waals surface area contributed by atoms with Gasteiger partial charge >= 0.3 is 0 Å². The molecule has 3 N–H and O–H groups in total. The zero-order valence-corrected chi connectivity index (χ0v) is 8.08. The Balaban J connectivity index is 1.73. The fraction of sp³-hybridized carbons (Fsp3) is 1.00. The van der Waals surface area contributed by atoms with Gasteiger partial charge in [-0.1, -0.05) is 6.42 Å². The van der Waals surface area contributed by atoms with Crippen molar-refractivity contribution in [1.82, 2.24) is 0 Å². The maximum Gasteiger partial charge on any atom is 0.0708 e. The van der Waals surface area contributed by atoms with Crippen molar-refractivity contribution in [1.29, 1.82) is 0 Å². The molecule has 3 saturated carbocycles. The van der Waals surface area contributed by atoms with Gasteiger partial charge in [-0.2, -0.15) is 0 Å². The third-order valence-electron chi connectivity index (χ3n) is 4.66. The zero-order valence-electron chi connectivity index (χ0n) is 8.08. The number of rotatable bonds is 1. The first-order chi connectivity index (χ1) is 6.17. The maximum absolute atomic E-state index is 10.3. The monoisotopic (exact) mass is 181 g/mol. The quantitative estimate of drug-likeness (QED) is 0.640. The molecule has 3 unspecified atom stereocenters. The summed E-state index contributed by atoms with van der Waals surface area (Å²) in [5.41, 5.74) is 5.41. The highest BCUT2D eigenvalue weighted by Crippen LogP contribution is 2.56. The van der Waals surface area contributed by atoms with E-state index in [1.807, 2.05) is 0 Å². The third kappa shape index (κ3) is 1.08. The van der Waals surface area contributed by atoms with Gasteiger partial charge in [0.1, 0.15) is 0 Å². The minimum Gasteiger partial charge on any atom is -0.389 e. The Hall–Kier alpha value is -0.0800. The van der Waals surface area contributed by atoms with Gasteiger partial charge in [0.2, 0.25) is 0 Å². The largest absolute Gasteiger partial charge is 0.389 e. The van der Waals surface area contributed by atoms with Crippen LogP contribution in [0, 0.1) is 17.8 Å². The summed E-state index contributed by atoms with van der Waals surface area (Å²) in [6, 6.07) is 0.282. The normalized spacial score (nSPS) is 59.5. The van der Waals surface area contributed by atoms with Crippen LogP contribution < -0.4 is 5.73 Å². The number of aliphatic hydroxyl groups is 1. The van der Waals surface area contributed by atoms with E-state index in [0.29, 0.717) is 5.92 Å². The Bertz CT molecular complexity index is 222. The molecule has 0 heterocycles. The number of hydrogen-bond acceptors (Lipinski definition) is 2. The fourth-order valence-electron chi connectivity index (χ4n) is 4.05. The molecule has 0 aromatic rings. The van der Waals surface area contributed by atoms with E-state index in [1.54, 1.807) is 0 Å². The predicted octanol–water partition coefficient (Wildman–Crippen LogP) is 1.27. The second-order valence-corrected chi connectivity index (χ2v) is 5.55.